The molecule has 1 saturated heterocycles. The van der Waals surface area contributed by atoms with Crippen LogP contribution in [0.2, 0.25) is 0 Å². The molecule has 4 rings (SSSR count). The number of nitrogens with zero attached hydrogens (tertiary/aromatic N) is 5. The Hall–Kier alpha value is -2.96. The van der Waals surface area contributed by atoms with E-state index < -0.39 is 0 Å². The number of piperidine rings is 1. The lowest BCUT2D eigenvalue weighted by atomic mass is 10.1. The number of imidazole rings is 1. The molecule has 0 bridgehead atoms. The zero-order chi connectivity index (χ0) is 17.2. The van der Waals surface area contributed by atoms with Gasteiger partial charge in [-0.25, -0.2) is 14.1 Å². The van der Waals surface area contributed by atoms with E-state index in [2.05, 4.69) is 14.6 Å². The smallest absolute Gasteiger partial charge is 0.274 e. The molecule has 3 aromatic rings. The summed E-state index contributed by atoms with van der Waals surface area (Å²) in [6.07, 6.45) is 9.18. The lowest BCUT2D eigenvalue weighted by Crippen LogP contribution is -2.40. The van der Waals surface area contributed by atoms with E-state index in [4.69, 9.17) is 0 Å². The van der Waals surface area contributed by atoms with E-state index in [0.29, 0.717) is 12.2 Å². The zero-order valence-electron chi connectivity index (χ0n) is 13.6. The number of carbonyl (C=O) groups excluding carboxylic acids is 1. The topological polar surface area (TPSA) is 56.0 Å². The Morgan fingerprint density at radius 1 is 1.16 bits per heavy atom. The third kappa shape index (κ3) is 3.17. The largest absolute Gasteiger partial charge is 0.335 e. The highest BCUT2D eigenvalue weighted by Gasteiger charge is 2.26. The molecule has 128 valence electrons. The summed E-state index contributed by atoms with van der Waals surface area (Å²) in [5.41, 5.74) is 1.12. The Balaban J connectivity index is 1.50. The van der Waals surface area contributed by atoms with Crippen LogP contribution in [0.15, 0.2) is 55.2 Å². The van der Waals surface area contributed by atoms with Gasteiger partial charge in [0.2, 0.25) is 0 Å². The number of hydrogen-bond acceptors (Lipinski definition) is 3. The first-order chi connectivity index (χ1) is 12.2. The van der Waals surface area contributed by atoms with Crippen LogP contribution in [-0.4, -0.2) is 43.2 Å². The Kier molecular flexibility index (Phi) is 4.05. The molecule has 6 nitrogen and oxygen atoms in total. The van der Waals surface area contributed by atoms with E-state index in [9.17, 15) is 9.18 Å². The Labute approximate surface area is 144 Å². The van der Waals surface area contributed by atoms with E-state index in [-0.39, 0.29) is 17.8 Å². The molecule has 1 amide bonds. The maximum absolute atomic E-state index is 13.0. The number of amides is 1. The quantitative estimate of drug-likeness (QED) is 0.737. The summed E-state index contributed by atoms with van der Waals surface area (Å²) in [6, 6.07) is 7.96. The first kappa shape index (κ1) is 15.6. The summed E-state index contributed by atoms with van der Waals surface area (Å²) in [5.74, 6) is -0.378. The molecule has 1 fully saturated rings. The van der Waals surface area contributed by atoms with Crippen LogP contribution in [0.3, 0.4) is 0 Å². The Morgan fingerprint density at radius 3 is 2.76 bits per heavy atom. The minimum Gasteiger partial charge on any atom is -0.335 e. The van der Waals surface area contributed by atoms with Crippen molar-refractivity contribution in [2.24, 2.45) is 0 Å². The first-order valence-corrected chi connectivity index (χ1v) is 8.29. The van der Waals surface area contributed by atoms with E-state index in [1.54, 1.807) is 41.6 Å². The first-order valence-electron chi connectivity index (χ1n) is 8.29. The third-order valence-electron chi connectivity index (χ3n) is 4.53. The fraction of sp³-hybridized carbons (Fsp3) is 0.278. The van der Waals surface area contributed by atoms with Crippen molar-refractivity contribution >= 4 is 5.91 Å². The van der Waals surface area contributed by atoms with Crippen molar-refractivity contribution in [3.63, 3.8) is 0 Å². The van der Waals surface area contributed by atoms with Gasteiger partial charge in [-0.3, -0.25) is 4.79 Å². The van der Waals surface area contributed by atoms with Crippen LogP contribution in [0.1, 0.15) is 29.4 Å². The van der Waals surface area contributed by atoms with Crippen molar-refractivity contribution in [3.05, 3.63) is 66.8 Å². The predicted molar refractivity (Wildman–Crippen MR) is 89.9 cm³/mol. The molecule has 25 heavy (non-hydrogen) atoms. The molecule has 1 aromatic carbocycles. The van der Waals surface area contributed by atoms with Crippen molar-refractivity contribution in [1.82, 2.24) is 24.2 Å². The predicted octanol–water partition coefficient (Wildman–Crippen LogP) is 2.69. The summed E-state index contributed by atoms with van der Waals surface area (Å²) in [5, 5.41) is 4.36. The number of aromatic nitrogens is 4. The average molecular weight is 339 g/mol. The maximum atomic E-state index is 13.0. The van der Waals surface area contributed by atoms with Crippen LogP contribution in [0.4, 0.5) is 4.39 Å². The Morgan fingerprint density at radius 2 is 2.00 bits per heavy atom. The van der Waals surface area contributed by atoms with Crippen molar-refractivity contribution in [2.75, 3.05) is 13.1 Å². The molecular weight excluding hydrogens is 321 g/mol. The van der Waals surface area contributed by atoms with Gasteiger partial charge in [0.25, 0.3) is 5.91 Å². The highest BCUT2D eigenvalue weighted by Crippen LogP contribution is 2.22. The molecular formula is C18H18FN5O. The van der Waals surface area contributed by atoms with Crippen molar-refractivity contribution in [1.29, 1.82) is 0 Å². The third-order valence-corrected chi connectivity index (χ3v) is 4.53. The van der Waals surface area contributed by atoms with E-state index in [1.165, 1.54) is 12.1 Å². The second kappa shape index (κ2) is 6.51. The molecule has 0 saturated carbocycles. The highest BCUT2D eigenvalue weighted by molar-refractivity contribution is 5.92. The molecule has 7 heteroatoms. The van der Waals surface area contributed by atoms with Crippen molar-refractivity contribution in [2.45, 2.75) is 18.9 Å². The molecule has 1 aliphatic rings. The standard InChI is InChI=1S/C18H18FN5O/c19-14-3-5-15(6-4-14)24-10-7-17(21-24)18(25)22-9-1-2-16(12-22)23-11-8-20-13-23/h3-8,10-11,13,16H,1-2,9,12H2/t16-/m0/s1. The van der Waals surface area contributed by atoms with Gasteiger partial charge in [0.05, 0.1) is 18.1 Å². The zero-order valence-corrected chi connectivity index (χ0v) is 13.6. The molecule has 0 spiro atoms. The summed E-state index contributed by atoms with van der Waals surface area (Å²) in [7, 11) is 0. The number of carbonyl (C=O) groups is 1. The fourth-order valence-electron chi connectivity index (χ4n) is 3.21. The number of likely N-dealkylation sites (tertiary alicyclic amines) is 1. The summed E-state index contributed by atoms with van der Waals surface area (Å²) >= 11 is 0. The van der Waals surface area contributed by atoms with Gasteiger partial charge >= 0.3 is 0 Å². The van der Waals surface area contributed by atoms with Gasteiger partial charge in [-0.1, -0.05) is 0 Å². The highest BCUT2D eigenvalue weighted by atomic mass is 19.1. The molecule has 1 atom stereocenters. The summed E-state index contributed by atoms with van der Waals surface area (Å²) in [6.45, 7) is 1.38. The van der Waals surface area contributed by atoms with Gasteiger partial charge in [0, 0.05) is 31.7 Å². The van der Waals surface area contributed by atoms with Crippen LogP contribution in [0, 0.1) is 5.82 Å². The molecule has 3 heterocycles. The molecule has 2 aromatic heterocycles. The van der Waals surface area contributed by atoms with Gasteiger partial charge < -0.3 is 9.47 Å². The monoisotopic (exact) mass is 339 g/mol. The lowest BCUT2D eigenvalue weighted by molar-refractivity contribution is 0.0673. The van der Waals surface area contributed by atoms with E-state index in [1.807, 2.05) is 11.1 Å². The SMILES string of the molecule is O=C(c1ccn(-c2ccc(F)cc2)n1)N1CCC[C@H](n2ccnc2)C1. The van der Waals surface area contributed by atoms with Crippen molar-refractivity contribution < 1.29 is 9.18 Å². The molecule has 0 aliphatic carbocycles. The fourth-order valence-corrected chi connectivity index (χ4v) is 3.21. The van der Waals surface area contributed by atoms with Crippen LogP contribution in [-0.2, 0) is 0 Å². The lowest BCUT2D eigenvalue weighted by Gasteiger charge is -2.32. The minimum atomic E-state index is -0.300. The second-order valence-electron chi connectivity index (χ2n) is 6.18. The number of halogens is 1. The Bertz CT molecular complexity index is 856. The van der Waals surface area contributed by atoms with Crippen molar-refractivity contribution in [3.8, 4) is 5.69 Å². The van der Waals surface area contributed by atoms with Gasteiger partial charge in [-0.2, -0.15) is 5.10 Å². The normalized spacial score (nSPS) is 17.6. The van der Waals surface area contributed by atoms with Gasteiger partial charge in [-0.05, 0) is 43.2 Å². The van der Waals surface area contributed by atoms with Crippen LogP contribution in [0.25, 0.3) is 5.69 Å². The van der Waals surface area contributed by atoms with Gasteiger partial charge in [0.15, 0.2) is 5.69 Å². The number of hydrogen-bond donors (Lipinski definition) is 0. The van der Waals surface area contributed by atoms with E-state index in [0.717, 1.165) is 25.1 Å². The average Bonchev–Trinajstić information content (AvgIpc) is 3.34. The van der Waals surface area contributed by atoms with Crippen LogP contribution in [0.5, 0.6) is 0 Å². The summed E-state index contributed by atoms with van der Waals surface area (Å²) in [4.78, 5) is 18.7. The summed E-state index contributed by atoms with van der Waals surface area (Å²) < 4.78 is 16.7. The molecule has 0 unspecified atom stereocenters. The number of benzene rings is 1. The van der Waals surface area contributed by atoms with Gasteiger partial charge in [0.1, 0.15) is 5.82 Å². The van der Waals surface area contributed by atoms with Crippen LogP contribution < -0.4 is 0 Å². The second-order valence-corrected chi connectivity index (χ2v) is 6.18. The molecule has 0 radical (unpaired) electrons. The number of rotatable bonds is 3. The molecule has 0 N–H and O–H groups in total. The van der Waals surface area contributed by atoms with Crippen LogP contribution >= 0.6 is 0 Å². The minimum absolute atomic E-state index is 0.0781. The van der Waals surface area contributed by atoms with E-state index >= 15 is 0 Å². The molecule has 1 aliphatic heterocycles. The maximum Gasteiger partial charge on any atom is 0.274 e. The van der Waals surface area contributed by atoms with Gasteiger partial charge in [-0.15, -0.1) is 0 Å².